The lowest BCUT2D eigenvalue weighted by Crippen LogP contribution is -2.66. The van der Waals surface area contributed by atoms with Crippen LogP contribution in [0.2, 0.25) is 0 Å². The molecule has 2 saturated heterocycles. The number of rotatable bonds is 2. The van der Waals surface area contributed by atoms with Crippen molar-refractivity contribution in [3.63, 3.8) is 0 Å². The number of ether oxygens (including phenoxy) is 3. The molecule has 0 aliphatic carbocycles. The first-order chi connectivity index (χ1) is 12.1. The molecule has 8 nitrogen and oxygen atoms in total. The van der Waals surface area contributed by atoms with Crippen molar-refractivity contribution in [2.45, 2.75) is 32.0 Å². The Morgan fingerprint density at radius 2 is 1.73 bits per heavy atom. The van der Waals surface area contributed by atoms with Crippen molar-refractivity contribution in [1.82, 2.24) is 4.90 Å². The molecule has 1 spiro atoms. The van der Waals surface area contributed by atoms with Gasteiger partial charge in [-0.2, -0.15) is 0 Å². The molecule has 8 heteroatoms. The summed E-state index contributed by atoms with van der Waals surface area (Å²) in [5, 5.41) is 0. The van der Waals surface area contributed by atoms with Gasteiger partial charge in [-0.05, 0) is 45.0 Å². The summed E-state index contributed by atoms with van der Waals surface area (Å²) < 4.78 is 15.5. The van der Waals surface area contributed by atoms with Crippen LogP contribution in [0.15, 0.2) is 24.3 Å². The lowest BCUT2D eigenvalue weighted by molar-refractivity contribution is -0.0779. The van der Waals surface area contributed by atoms with E-state index < -0.39 is 29.4 Å². The first kappa shape index (κ1) is 18.0. The molecule has 0 aromatic heterocycles. The molecule has 0 radical (unpaired) electrons. The molecule has 2 heterocycles. The first-order valence-corrected chi connectivity index (χ1v) is 8.29. The minimum absolute atomic E-state index is 0.296. The summed E-state index contributed by atoms with van der Waals surface area (Å²) in [5.74, 6) is -0.441. The fourth-order valence-electron chi connectivity index (χ4n) is 2.99. The first-order valence-electron chi connectivity index (χ1n) is 8.29. The highest BCUT2D eigenvalue weighted by Crippen LogP contribution is 2.35. The maximum Gasteiger partial charge on any atom is 0.415 e. The Morgan fingerprint density at radius 3 is 2.27 bits per heavy atom. The number of carbonyl (C=O) groups excluding carboxylic acids is 3. The van der Waals surface area contributed by atoms with E-state index in [0.29, 0.717) is 30.9 Å². The summed E-state index contributed by atoms with van der Waals surface area (Å²) >= 11 is 0. The van der Waals surface area contributed by atoms with Crippen LogP contribution in [0.3, 0.4) is 0 Å². The van der Waals surface area contributed by atoms with Crippen molar-refractivity contribution < 1.29 is 28.6 Å². The molecule has 0 atom stereocenters. The second-order valence-electron chi connectivity index (χ2n) is 7.51. The number of amides is 2. The Hall–Kier alpha value is -2.77. The zero-order valence-electron chi connectivity index (χ0n) is 15.3. The van der Waals surface area contributed by atoms with Gasteiger partial charge in [0.05, 0.1) is 32.3 Å². The van der Waals surface area contributed by atoms with Gasteiger partial charge in [-0.25, -0.2) is 14.4 Å². The normalized spacial score (nSPS) is 18.4. The van der Waals surface area contributed by atoms with E-state index in [9.17, 15) is 14.4 Å². The number of nitrogens with zero attached hydrogens (tertiary/aromatic N) is 2. The fourth-order valence-corrected chi connectivity index (χ4v) is 2.99. The van der Waals surface area contributed by atoms with Gasteiger partial charge in [0.1, 0.15) is 5.60 Å². The number of likely N-dealkylation sites (tertiary alicyclic amines) is 1. The average molecular weight is 362 g/mol. The van der Waals surface area contributed by atoms with E-state index in [1.54, 1.807) is 45.0 Å². The molecule has 2 amide bonds. The number of benzene rings is 1. The molecule has 2 aliphatic heterocycles. The second kappa shape index (κ2) is 6.19. The van der Waals surface area contributed by atoms with Crippen LogP contribution in [0.25, 0.3) is 0 Å². The Balaban J connectivity index is 1.63. The molecule has 1 aromatic rings. The summed E-state index contributed by atoms with van der Waals surface area (Å²) in [5.41, 5.74) is -0.261. The lowest BCUT2D eigenvalue weighted by atomic mass is 9.94. The Kier molecular flexibility index (Phi) is 4.29. The molecule has 1 aromatic carbocycles. The maximum absolute atomic E-state index is 12.2. The molecule has 140 valence electrons. The minimum Gasteiger partial charge on any atom is -0.465 e. The maximum atomic E-state index is 12.2. The number of methoxy groups -OCH3 is 1. The quantitative estimate of drug-likeness (QED) is 0.593. The van der Waals surface area contributed by atoms with Crippen molar-refractivity contribution in [3.05, 3.63) is 29.8 Å². The molecular weight excluding hydrogens is 340 g/mol. The van der Waals surface area contributed by atoms with Gasteiger partial charge in [0.2, 0.25) is 0 Å². The van der Waals surface area contributed by atoms with Crippen molar-refractivity contribution in [2.75, 3.05) is 31.6 Å². The second-order valence-corrected chi connectivity index (χ2v) is 7.51. The summed E-state index contributed by atoms with van der Waals surface area (Å²) in [6, 6.07) is 6.51. The number of hydrogen-bond acceptors (Lipinski definition) is 6. The third kappa shape index (κ3) is 3.44. The number of esters is 1. The minimum atomic E-state index is -0.713. The van der Waals surface area contributed by atoms with E-state index in [-0.39, 0.29) is 0 Å². The van der Waals surface area contributed by atoms with E-state index in [0.717, 1.165) is 0 Å². The van der Waals surface area contributed by atoms with E-state index in [4.69, 9.17) is 9.47 Å². The smallest absolute Gasteiger partial charge is 0.415 e. The van der Waals surface area contributed by atoms with Crippen LogP contribution >= 0.6 is 0 Å². The van der Waals surface area contributed by atoms with E-state index in [1.165, 1.54) is 16.9 Å². The van der Waals surface area contributed by atoms with Crippen LogP contribution in [0.4, 0.5) is 15.3 Å². The van der Waals surface area contributed by atoms with Gasteiger partial charge in [0, 0.05) is 5.69 Å². The van der Waals surface area contributed by atoms with Gasteiger partial charge < -0.3 is 14.2 Å². The van der Waals surface area contributed by atoms with Crippen molar-refractivity contribution in [2.24, 2.45) is 0 Å². The lowest BCUT2D eigenvalue weighted by Gasteiger charge is -2.45. The van der Waals surface area contributed by atoms with Crippen LogP contribution in [0, 0.1) is 0 Å². The highest BCUT2D eigenvalue weighted by molar-refractivity contribution is 5.93. The standard InChI is InChI=1S/C18H22N2O6/c1-17(2,3)25-15(22)19-9-18(10-19)11-20(16(23)26-18)13-7-5-12(6-8-13)14(21)24-4/h5-8H,9-11H2,1-4H3. The number of carbonyl (C=O) groups is 3. The molecule has 0 N–H and O–H groups in total. The number of hydrogen-bond donors (Lipinski definition) is 0. The molecule has 0 saturated carbocycles. The van der Waals surface area contributed by atoms with Gasteiger partial charge in [-0.15, -0.1) is 0 Å². The van der Waals surface area contributed by atoms with Crippen molar-refractivity contribution in [3.8, 4) is 0 Å². The van der Waals surface area contributed by atoms with Crippen LogP contribution in [-0.2, 0) is 14.2 Å². The molecule has 3 rings (SSSR count). The molecule has 26 heavy (non-hydrogen) atoms. The van der Waals surface area contributed by atoms with Crippen molar-refractivity contribution >= 4 is 23.8 Å². The fraction of sp³-hybridized carbons (Fsp3) is 0.500. The zero-order valence-corrected chi connectivity index (χ0v) is 15.3. The van der Waals surface area contributed by atoms with Crippen LogP contribution in [-0.4, -0.2) is 61.0 Å². The largest absolute Gasteiger partial charge is 0.465 e. The summed E-state index contributed by atoms with van der Waals surface area (Å²) in [4.78, 5) is 38.8. The van der Waals surface area contributed by atoms with Gasteiger partial charge >= 0.3 is 18.2 Å². The van der Waals surface area contributed by atoms with E-state index in [1.807, 2.05) is 0 Å². The van der Waals surface area contributed by atoms with Crippen LogP contribution in [0.5, 0.6) is 0 Å². The summed E-state index contributed by atoms with van der Waals surface area (Å²) in [6.45, 7) is 6.33. The monoisotopic (exact) mass is 362 g/mol. The average Bonchev–Trinajstić information content (AvgIpc) is 2.89. The molecule has 2 fully saturated rings. The van der Waals surface area contributed by atoms with E-state index in [2.05, 4.69) is 4.74 Å². The number of anilines is 1. The third-order valence-electron chi connectivity index (χ3n) is 4.18. The van der Waals surface area contributed by atoms with Gasteiger partial charge in [-0.1, -0.05) is 0 Å². The van der Waals surface area contributed by atoms with Crippen LogP contribution < -0.4 is 4.90 Å². The summed E-state index contributed by atoms with van der Waals surface area (Å²) in [7, 11) is 1.31. The van der Waals surface area contributed by atoms with Gasteiger partial charge in [-0.3, -0.25) is 9.80 Å². The van der Waals surface area contributed by atoms with Crippen LogP contribution in [0.1, 0.15) is 31.1 Å². The zero-order chi connectivity index (χ0) is 19.1. The highest BCUT2D eigenvalue weighted by atomic mass is 16.6. The highest BCUT2D eigenvalue weighted by Gasteiger charge is 2.56. The molecule has 0 unspecified atom stereocenters. The Bertz CT molecular complexity index is 731. The van der Waals surface area contributed by atoms with E-state index >= 15 is 0 Å². The summed E-state index contributed by atoms with van der Waals surface area (Å²) in [6.07, 6.45) is -0.889. The topological polar surface area (TPSA) is 85.4 Å². The predicted octanol–water partition coefficient (Wildman–Crippen LogP) is 2.42. The molecule has 0 bridgehead atoms. The predicted molar refractivity (Wildman–Crippen MR) is 92.1 cm³/mol. The Labute approximate surface area is 151 Å². The Morgan fingerprint density at radius 1 is 1.12 bits per heavy atom. The van der Waals surface area contributed by atoms with Gasteiger partial charge in [0.25, 0.3) is 0 Å². The van der Waals surface area contributed by atoms with Gasteiger partial charge in [0.15, 0.2) is 5.60 Å². The molecular formula is C18H22N2O6. The third-order valence-corrected chi connectivity index (χ3v) is 4.18. The van der Waals surface area contributed by atoms with Crippen molar-refractivity contribution in [1.29, 1.82) is 0 Å². The SMILES string of the molecule is COC(=O)c1ccc(N2CC3(CN(C(=O)OC(C)(C)C)C3)OC2=O)cc1. The molecule has 2 aliphatic rings.